The maximum atomic E-state index is 6.17. The third-order valence-corrected chi connectivity index (χ3v) is 4.21. The van der Waals surface area contributed by atoms with E-state index in [2.05, 4.69) is 10.3 Å². The third kappa shape index (κ3) is 2.99. The van der Waals surface area contributed by atoms with Gasteiger partial charge in [0.15, 0.2) is 0 Å². The van der Waals surface area contributed by atoms with Crippen LogP contribution in [0.2, 0.25) is 10.0 Å². The van der Waals surface area contributed by atoms with Crippen molar-refractivity contribution in [2.75, 3.05) is 7.05 Å². The number of hydrogen-bond donors (Lipinski definition) is 1. The Balaban J connectivity index is 2.25. The van der Waals surface area contributed by atoms with Crippen LogP contribution in [0.15, 0.2) is 29.9 Å². The van der Waals surface area contributed by atoms with Gasteiger partial charge in [0.25, 0.3) is 0 Å². The number of benzene rings is 1. The molecule has 0 aliphatic carbocycles. The monoisotopic (exact) mass is 286 g/mol. The molecule has 1 N–H and O–H groups in total. The predicted molar refractivity (Wildman–Crippen MR) is 74.1 cm³/mol. The van der Waals surface area contributed by atoms with Gasteiger partial charge in [0.1, 0.15) is 0 Å². The molecule has 0 radical (unpaired) electrons. The van der Waals surface area contributed by atoms with Crippen LogP contribution in [0.5, 0.6) is 0 Å². The third-order valence-electron chi connectivity index (χ3n) is 2.61. The Morgan fingerprint density at radius 1 is 1.35 bits per heavy atom. The maximum absolute atomic E-state index is 6.17. The van der Waals surface area contributed by atoms with E-state index in [0.717, 1.165) is 12.0 Å². The number of nitrogens with zero attached hydrogens (tertiary/aromatic N) is 1. The molecular formula is C12H12Cl2N2S. The van der Waals surface area contributed by atoms with Crippen molar-refractivity contribution < 1.29 is 0 Å². The van der Waals surface area contributed by atoms with Crippen molar-refractivity contribution in [2.45, 2.75) is 12.5 Å². The molecule has 0 bridgehead atoms. The SMILES string of the molecule is CNC(Cc1c(Cl)cccc1Cl)c1cncs1. The van der Waals surface area contributed by atoms with E-state index < -0.39 is 0 Å². The second-order valence-corrected chi connectivity index (χ2v) is 5.38. The Bertz CT molecular complexity index is 465. The molecule has 1 unspecified atom stereocenters. The summed E-state index contributed by atoms with van der Waals surface area (Å²) in [4.78, 5) is 5.27. The lowest BCUT2D eigenvalue weighted by Crippen LogP contribution is -2.18. The molecule has 1 aromatic carbocycles. The number of hydrogen-bond acceptors (Lipinski definition) is 3. The van der Waals surface area contributed by atoms with Crippen LogP contribution in [0.4, 0.5) is 0 Å². The van der Waals surface area contributed by atoms with Gasteiger partial charge in [-0.15, -0.1) is 11.3 Å². The van der Waals surface area contributed by atoms with Crippen molar-refractivity contribution in [2.24, 2.45) is 0 Å². The molecule has 0 amide bonds. The topological polar surface area (TPSA) is 24.9 Å². The first-order chi connectivity index (χ1) is 8.22. The van der Waals surface area contributed by atoms with Crippen molar-refractivity contribution >= 4 is 34.5 Å². The second-order valence-electron chi connectivity index (χ2n) is 3.65. The lowest BCUT2D eigenvalue weighted by molar-refractivity contribution is 0.601. The zero-order chi connectivity index (χ0) is 12.3. The molecular weight excluding hydrogens is 275 g/mol. The lowest BCUT2D eigenvalue weighted by atomic mass is 10.1. The Labute approximate surface area is 115 Å². The van der Waals surface area contributed by atoms with E-state index in [4.69, 9.17) is 23.2 Å². The largest absolute Gasteiger partial charge is 0.312 e. The van der Waals surface area contributed by atoms with Gasteiger partial charge < -0.3 is 5.32 Å². The van der Waals surface area contributed by atoms with Gasteiger partial charge in [-0.25, -0.2) is 0 Å². The Kier molecular flexibility index (Phi) is 4.40. The smallest absolute Gasteiger partial charge is 0.0794 e. The van der Waals surface area contributed by atoms with E-state index >= 15 is 0 Å². The average molecular weight is 287 g/mol. The van der Waals surface area contributed by atoms with E-state index in [9.17, 15) is 0 Å². The maximum Gasteiger partial charge on any atom is 0.0794 e. The summed E-state index contributed by atoms with van der Waals surface area (Å²) >= 11 is 14.0. The van der Waals surface area contributed by atoms with Crippen LogP contribution >= 0.6 is 34.5 Å². The standard InChI is InChI=1S/C12H12Cl2N2S/c1-15-11(12-6-16-7-17-12)5-8-9(13)3-2-4-10(8)14/h2-4,6-7,11,15H,5H2,1H3. The van der Waals surface area contributed by atoms with Gasteiger partial charge in [-0.05, 0) is 31.2 Å². The second kappa shape index (κ2) is 5.83. The summed E-state index contributed by atoms with van der Waals surface area (Å²) in [6.07, 6.45) is 2.63. The summed E-state index contributed by atoms with van der Waals surface area (Å²) in [6.45, 7) is 0. The van der Waals surface area contributed by atoms with E-state index in [0.29, 0.717) is 10.0 Å². The van der Waals surface area contributed by atoms with Crippen LogP contribution in [0, 0.1) is 0 Å². The molecule has 2 aromatic rings. The van der Waals surface area contributed by atoms with Crippen LogP contribution in [0.1, 0.15) is 16.5 Å². The summed E-state index contributed by atoms with van der Waals surface area (Å²) in [5.41, 5.74) is 2.80. The van der Waals surface area contributed by atoms with Gasteiger partial charge >= 0.3 is 0 Å². The number of halogens is 2. The first-order valence-corrected chi connectivity index (χ1v) is 6.84. The summed E-state index contributed by atoms with van der Waals surface area (Å²) < 4.78 is 0. The predicted octanol–water partition coefficient (Wildman–Crippen LogP) is 3.95. The average Bonchev–Trinajstić information content (AvgIpc) is 2.82. The fourth-order valence-electron chi connectivity index (χ4n) is 1.67. The molecule has 0 saturated heterocycles. The van der Waals surface area contributed by atoms with Crippen LogP contribution in [0.3, 0.4) is 0 Å². The van der Waals surface area contributed by atoms with Gasteiger partial charge in [0, 0.05) is 27.2 Å². The summed E-state index contributed by atoms with van der Waals surface area (Å²) in [5, 5.41) is 4.68. The summed E-state index contributed by atoms with van der Waals surface area (Å²) in [6, 6.07) is 5.78. The van der Waals surface area contributed by atoms with Crippen LogP contribution in [-0.2, 0) is 6.42 Å². The molecule has 1 aromatic heterocycles. The highest BCUT2D eigenvalue weighted by Gasteiger charge is 2.15. The van der Waals surface area contributed by atoms with Crippen LogP contribution in [-0.4, -0.2) is 12.0 Å². The molecule has 2 rings (SSSR count). The Hall–Kier alpha value is -0.610. The number of nitrogens with one attached hydrogen (secondary N) is 1. The Morgan fingerprint density at radius 3 is 2.59 bits per heavy atom. The van der Waals surface area contributed by atoms with E-state index in [1.807, 2.05) is 37.0 Å². The highest BCUT2D eigenvalue weighted by molar-refractivity contribution is 7.09. The van der Waals surface area contributed by atoms with Gasteiger partial charge in [0.2, 0.25) is 0 Å². The summed E-state index contributed by atoms with van der Waals surface area (Å²) in [5.74, 6) is 0. The van der Waals surface area contributed by atoms with Crippen molar-refractivity contribution in [1.82, 2.24) is 10.3 Å². The minimum atomic E-state index is 0.194. The molecule has 17 heavy (non-hydrogen) atoms. The normalized spacial score (nSPS) is 12.6. The highest BCUT2D eigenvalue weighted by atomic mass is 35.5. The molecule has 90 valence electrons. The van der Waals surface area contributed by atoms with Crippen LogP contribution in [0.25, 0.3) is 0 Å². The van der Waals surface area contributed by atoms with E-state index in [1.54, 1.807) is 11.3 Å². The molecule has 0 aliphatic heterocycles. The Morgan fingerprint density at radius 2 is 2.06 bits per heavy atom. The first-order valence-electron chi connectivity index (χ1n) is 5.21. The molecule has 1 heterocycles. The minimum absolute atomic E-state index is 0.194. The molecule has 0 fully saturated rings. The van der Waals surface area contributed by atoms with Crippen LogP contribution < -0.4 is 5.32 Å². The van der Waals surface area contributed by atoms with E-state index in [-0.39, 0.29) is 6.04 Å². The van der Waals surface area contributed by atoms with E-state index in [1.165, 1.54) is 4.88 Å². The lowest BCUT2D eigenvalue weighted by Gasteiger charge is -2.16. The minimum Gasteiger partial charge on any atom is -0.312 e. The number of aromatic nitrogens is 1. The number of likely N-dealkylation sites (N-methyl/N-ethyl adjacent to an activating group) is 1. The molecule has 5 heteroatoms. The molecule has 0 spiro atoms. The van der Waals surface area contributed by atoms with Gasteiger partial charge in [-0.3, -0.25) is 4.98 Å². The van der Waals surface area contributed by atoms with Crippen molar-refractivity contribution in [3.05, 3.63) is 50.4 Å². The number of thiazole rings is 1. The highest BCUT2D eigenvalue weighted by Crippen LogP contribution is 2.30. The fourth-order valence-corrected chi connectivity index (χ4v) is 2.96. The van der Waals surface area contributed by atoms with Crippen molar-refractivity contribution in [3.63, 3.8) is 0 Å². The van der Waals surface area contributed by atoms with Crippen molar-refractivity contribution in [1.29, 1.82) is 0 Å². The number of rotatable bonds is 4. The zero-order valence-corrected chi connectivity index (χ0v) is 11.6. The fraction of sp³-hybridized carbons (Fsp3) is 0.250. The molecule has 1 atom stereocenters. The first kappa shape index (κ1) is 12.8. The molecule has 0 aliphatic rings. The van der Waals surface area contributed by atoms with Gasteiger partial charge in [-0.1, -0.05) is 29.3 Å². The van der Waals surface area contributed by atoms with Crippen molar-refractivity contribution in [3.8, 4) is 0 Å². The van der Waals surface area contributed by atoms with Gasteiger partial charge in [-0.2, -0.15) is 0 Å². The zero-order valence-electron chi connectivity index (χ0n) is 9.28. The molecule has 2 nitrogen and oxygen atoms in total. The summed E-state index contributed by atoms with van der Waals surface area (Å²) in [7, 11) is 1.93. The molecule has 0 saturated carbocycles. The quantitative estimate of drug-likeness (QED) is 0.921. The van der Waals surface area contributed by atoms with Gasteiger partial charge in [0.05, 0.1) is 5.51 Å².